The van der Waals surface area contributed by atoms with E-state index < -0.39 is 9.84 Å². The number of aromatic nitrogens is 4. The molecule has 37 heavy (non-hydrogen) atoms. The van der Waals surface area contributed by atoms with Crippen molar-refractivity contribution in [2.24, 2.45) is 7.05 Å². The van der Waals surface area contributed by atoms with Crippen molar-refractivity contribution in [1.82, 2.24) is 19.7 Å². The van der Waals surface area contributed by atoms with Crippen LogP contribution in [0.4, 0.5) is 28.8 Å². The Morgan fingerprint density at radius 2 is 1.86 bits per heavy atom. The second-order valence-electron chi connectivity index (χ2n) is 8.57. The molecular weight excluding hydrogens is 562 g/mol. The van der Waals surface area contributed by atoms with Crippen LogP contribution in [0.25, 0.3) is 10.9 Å². The Hall–Kier alpha value is -3.42. The van der Waals surface area contributed by atoms with E-state index in [0.717, 1.165) is 24.2 Å². The third-order valence-corrected chi connectivity index (χ3v) is 7.77. The number of aryl methyl sites for hydroxylation is 1. The Balaban J connectivity index is 1.45. The summed E-state index contributed by atoms with van der Waals surface area (Å²) in [6.07, 6.45) is 4.45. The van der Waals surface area contributed by atoms with Crippen molar-refractivity contribution in [2.45, 2.75) is 4.90 Å². The van der Waals surface area contributed by atoms with Crippen molar-refractivity contribution in [3.63, 3.8) is 0 Å². The van der Waals surface area contributed by atoms with E-state index in [9.17, 15) is 8.42 Å². The lowest BCUT2D eigenvalue weighted by Crippen LogP contribution is -2.36. The fourth-order valence-electron chi connectivity index (χ4n) is 4.15. The third-order valence-electron chi connectivity index (χ3n) is 6.05. The maximum Gasteiger partial charge on any atom is 0.229 e. The van der Waals surface area contributed by atoms with E-state index in [0.29, 0.717) is 52.1 Å². The molecule has 1 saturated heterocycles. The first-order valence-corrected chi connectivity index (χ1v) is 14.1. The molecule has 1 aliphatic rings. The van der Waals surface area contributed by atoms with Gasteiger partial charge in [-0.2, -0.15) is 10.1 Å². The molecule has 2 N–H and O–H groups in total. The van der Waals surface area contributed by atoms with E-state index in [-0.39, 0.29) is 4.90 Å². The topological polar surface area (TPSA) is 123 Å². The van der Waals surface area contributed by atoms with Crippen molar-refractivity contribution < 1.29 is 17.9 Å². The fraction of sp³-hybridized carbons (Fsp3) is 0.292. The van der Waals surface area contributed by atoms with E-state index in [4.69, 9.17) is 9.47 Å². The van der Waals surface area contributed by atoms with Gasteiger partial charge in [-0.05, 0) is 40.2 Å². The molecule has 3 heterocycles. The van der Waals surface area contributed by atoms with Gasteiger partial charge < -0.3 is 25.0 Å². The standard InChI is InChI=1S/C24H26BrN7O4S/c1-31-20-12-22(37(3,33)34)19(10-15(20)13-27-31)28-23-17(25)14-26-24(30-23)29-18-5-4-16(11-21(18)35-2)32-6-8-36-9-7-32/h4-5,10-14H,6-9H2,1-3H3,(H2,26,28,29,30). The minimum Gasteiger partial charge on any atom is -0.494 e. The molecule has 2 aromatic heterocycles. The smallest absolute Gasteiger partial charge is 0.229 e. The summed E-state index contributed by atoms with van der Waals surface area (Å²) < 4.78 is 38.4. The molecule has 5 rings (SSSR count). The Morgan fingerprint density at radius 1 is 1.08 bits per heavy atom. The number of anilines is 5. The number of rotatable bonds is 7. The number of hydrogen-bond acceptors (Lipinski definition) is 10. The lowest BCUT2D eigenvalue weighted by atomic mass is 10.2. The van der Waals surface area contributed by atoms with Crippen LogP contribution >= 0.6 is 15.9 Å². The van der Waals surface area contributed by atoms with Crippen molar-refractivity contribution in [1.29, 1.82) is 0 Å². The van der Waals surface area contributed by atoms with Crippen LogP contribution < -0.4 is 20.3 Å². The average Bonchev–Trinajstić information content (AvgIpc) is 3.25. The lowest BCUT2D eigenvalue weighted by Gasteiger charge is -2.29. The normalized spacial score (nSPS) is 14.1. The van der Waals surface area contributed by atoms with Crippen LogP contribution in [0.1, 0.15) is 0 Å². The Labute approximate surface area is 222 Å². The summed E-state index contributed by atoms with van der Waals surface area (Å²) in [6, 6.07) is 9.24. The Kier molecular flexibility index (Phi) is 6.92. The largest absolute Gasteiger partial charge is 0.494 e. The van der Waals surface area contributed by atoms with Gasteiger partial charge in [0.15, 0.2) is 9.84 Å². The van der Waals surface area contributed by atoms with Gasteiger partial charge >= 0.3 is 0 Å². The SMILES string of the molecule is COc1cc(N2CCOCC2)ccc1Nc1ncc(Br)c(Nc2cc3cnn(C)c3cc2S(C)(=O)=O)n1. The quantitative estimate of drug-likeness (QED) is 0.329. The molecule has 13 heteroatoms. The van der Waals surface area contributed by atoms with Crippen LogP contribution in [0.5, 0.6) is 5.75 Å². The summed E-state index contributed by atoms with van der Waals surface area (Å²) in [5.41, 5.74) is 2.84. The van der Waals surface area contributed by atoms with Crippen molar-refractivity contribution in [3.8, 4) is 5.75 Å². The second-order valence-corrected chi connectivity index (χ2v) is 11.4. The number of benzene rings is 2. The van der Waals surface area contributed by atoms with E-state index in [2.05, 4.69) is 46.5 Å². The predicted molar refractivity (Wildman–Crippen MR) is 146 cm³/mol. The number of halogens is 1. The van der Waals surface area contributed by atoms with Crippen LogP contribution in [-0.2, 0) is 21.6 Å². The molecule has 4 aromatic rings. The number of fused-ring (bicyclic) bond motifs is 1. The molecule has 0 amide bonds. The molecule has 0 bridgehead atoms. The zero-order chi connectivity index (χ0) is 26.2. The Bertz CT molecular complexity index is 1570. The number of sulfone groups is 1. The molecule has 0 spiro atoms. The van der Waals surface area contributed by atoms with Gasteiger partial charge in [-0.1, -0.05) is 0 Å². The van der Waals surface area contributed by atoms with Gasteiger partial charge in [0, 0.05) is 49.7 Å². The monoisotopic (exact) mass is 587 g/mol. The molecular formula is C24H26BrN7O4S. The highest BCUT2D eigenvalue weighted by atomic mass is 79.9. The zero-order valence-corrected chi connectivity index (χ0v) is 22.9. The maximum absolute atomic E-state index is 12.6. The van der Waals surface area contributed by atoms with Gasteiger partial charge in [0.25, 0.3) is 0 Å². The summed E-state index contributed by atoms with van der Waals surface area (Å²) in [4.78, 5) is 11.3. The van der Waals surface area contributed by atoms with Crippen LogP contribution in [0.3, 0.4) is 0 Å². The number of morpholine rings is 1. The molecule has 0 aliphatic carbocycles. The average molecular weight is 588 g/mol. The highest BCUT2D eigenvalue weighted by molar-refractivity contribution is 9.10. The second kappa shape index (κ2) is 10.1. The summed E-state index contributed by atoms with van der Waals surface area (Å²) in [5.74, 6) is 1.35. The van der Waals surface area contributed by atoms with Gasteiger partial charge in [0.2, 0.25) is 5.95 Å². The van der Waals surface area contributed by atoms with Gasteiger partial charge in [0.05, 0.1) is 52.8 Å². The molecule has 2 aromatic carbocycles. The van der Waals surface area contributed by atoms with Gasteiger partial charge in [-0.3, -0.25) is 4.68 Å². The minimum atomic E-state index is -3.54. The first kappa shape index (κ1) is 25.2. The van der Waals surface area contributed by atoms with Crippen molar-refractivity contribution >= 4 is 65.5 Å². The summed E-state index contributed by atoms with van der Waals surface area (Å²) in [7, 11) is -0.162. The zero-order valence-electron chi connectivity index (χ0n) is 20.5. The molecule has 1 aliphatic heterocycles. The van der Waals surface area contributed by atoms with Crippen LogP contribution in [0.2, 0.25) is 0 Å². The first-order chi connectivity index (χ1) is 17.7. The first-order valence-electron chi connectivity index (χ1n) is 11.5. The highest BCUT2D eigenvalue weighted by Crippen LogP contribution is 2.34. The number of methoxy groups -OCH3 is 1. The lowest BCUT2D eigenvalue weighted by molar-refractivity contribution is 0.122. The van der Waals surface area contributed by atoms with Crippen LogP contribution in [0, 0.1) is 0 Å². The highest BCUT2D eigenvalue weighted by Gasteiger charge is 2.19. The molecule has 0 radical (unpaired) electrons. The van der Waals surface area contributed by atoms with Gasteiger partial charge in [0.1, 0.15) is 11.6 Å². The summed E-state index contributed by atoms with van der Waals surface area (Å²) in [5, 5.41) is 11.4. The molecule has 194 valence electrons. The van der Waals surface area contributed by atoms with E-state index in [1.54, 1.807) is 43.4 Å². The summed E-state index contributed by atoms with van der Waals surface area (Å²) in [6.45, 7) is 3.03. The van der Waals surface area contributed by atoms with E-state index in [1.807, 2.05) is 18.2 Å². The molecule has 11 nitrogen and oxygen atoms in total. The Morgan fingerprint density at radius 3 is 2.59 bits per heavy atom. The predicted octanol–water partition coefficient (Wildman–Crippen LogP) is 3.86. The number of ether oxygens (including phenoxy) is 2. The maximum atomic E-state index is 12.6. The van der Waals surface area contributed by atoms with Crippen LogP contribution in [0.15, 0.2) is 52.1 Å². The minimum absolute atomic E-state index is 0.143. The summed E-state index contributed by atoms with van der Waals surface area (Å²) >= 11 is 3.46. The molecule has 0 saturated carbocycles. The molecule has 0 atom stereocenters. The van der Waals surface area contributed by atoms with Gasteiger partial charge in [-0.15, -0.1) is 0 Å². The van der Waals surface area contributed by atoms with Crippen molar-refractivity contribution in [3.05, 3.63) is 47.2 Å². The number of hydrogen-bond donors (Lipinski definition) is 2. The third kappa shape index (κ3) is 5.33. The van der Waals surface area contributed by atoms with Crippen LogP contribution in [-0.4, -0.2) is 67.8 Å². The number of nitrogens with one attached hydrogen (secondary N) is 2. The number of nitrogens with zero attached hydrogens (tertiary/aromatic N) is 5. The van der Waals surface area contributed by atoms with E-state index >= 15 is 0 Å². The van der Waals surface area contributed by atoms with Crippen molar-refractivity contribution in [2.75, 3.05) is 55.2 Å². The molecule has 0 unspecified atom stereocenters. The molecule has 1 fully saturated rings. The van der Waals surface area contributed by atoms with Gasteiger partial charge in [-0.25, -0.2) is 13.4 Å². The fourth-order valence-corrected chi connectivity index (χ4v) is 5.27. The van der Waals surface area contributed by atoms with E-state index in [1.165, 1.54) is 6.26 Å².